The fraction of sp³-hybridized carbons (Fsp3) is 0.200. The van der Waals surface area contributed by atoms with Crippen molar-refractivity contribution < 1.29 is 4.39 Å². The Hall–Kier alpha value is -1.39. The molecule has 0 aromatic heterocycles. The Bertz CT molecular complexity index is 584. The molecule has 0 aliphatic heterocycles. The summed E-state index contributed by atoms with van der Waals surface area (Å²) in [5.74, 6) is -0.243. The summed E-state index contributed by atoms with van der Waals surface area (Å²) in [7, 11) is 1.90. The van der Waals surface area contributed by atoms with Crippen molar-refractivity contribution in [1.82, 2.24) is 0 Å². The molecular formula is C15H16BrFN2. The number of halogens is 2. The summed E-state index contributed by atoms with van der Waals surface area (Å²) in [6, 6.07) is 12.5. The molecule has 0 bridgehead atoms. The molecular weight excluding hydrogens is 307 g/mol. The first kappa shape index (κ1) is 14.0. The lowest BCUT2D eigenvalue weighted by atomic mass is 10.1. The van der Waals surface area contributed by atoms with Crippen LogP contribution in [0.1, 0.15) is 18.5 Å². The zero-order valence-electron chi connectivity index (χ0n) is 10.9. The maximum atomic E-state index is 13.3. The molecule has 0 aliphatic carbocycles. The second-order valence-electron chi connectivity index (χ2n) is 4.54. The summed E-state index contributed by atoms with van der Waals surface area (Å²) in [6.45, 7) is 1.94. The fourth-order valence-electron chi connectivity index (χ4n) is 1.90. The minimum absolute atomic E-state index is 0.00942. The third-order valence-electron chi connectivity index (χ3n) is 3.05. The van der Waals surface area contributed by atoms with Gasteiger partial charge in [-0.1, -0.05) is 12.1 Å². The molecule has 0 saturated carbocycles. The zero-order valence-corrected chi connectivity index (χ0v) is 12.5. The van der Waals surface area contributed by atoms with E-state index < -0.39 is 0 Å². The van der Waals surface area contributed by atoms with Crippen LogP contribution < -0.4 is 10.6 Å². The van der Waals surface area contributed by atoms with Crippen molar-refractivity contribution in [2.45, 2.75) is 13.0 Å². The van der Waals surface area contributed by atoms with Crippen molar-refractivity contribution in [3.05, 3.63) is 58.3 Å². The van der Waals surface area contributed by atoms with E-state index >= 15 is 0 Å². The van der Waals surface area contributed by atoms with Crippen molar-refractivity contribution in [1.29, 1.82) is 0 Å². The predicted octanol–water partition coefficient (Wildman–Crippen LogP) is 4.38. The van der Waals surface area contributed by atoms with Crippen LogP contribution in [0.3, 0.4) is 0 Å². The van der Waals surface area contributed by atoms with Gasteiger partial charge in [-0.15, -0.1) is 0 Å². The van der Waals surface area contributed by atoms with Crippen molar-refractivity contribution >= 4 is 27.3 Å². The van der Waals surface area contributed by atoms with Gasteiger partial charge in [-0.2, -0.15) is 0 Å². The van der Waals surface area contributed by atoms with Crippen molar-refractivity contribution in [2.24, 2.45) is 5.73 Å². The molecule has 1 atom stereocenters. The minimum atomic E-state index is -0.243. The van der Waals surface area contributed by atoms with Gasteiger partial charge in [-0.3, -0.25) is 0 Å². The fourth-order valence-corrected chi connectivity index (χ4v) is 2.56. The normalized spacial score (nSPS) is 12.3. The molecule has 0 spiro atoms. The highest BCUT2D eigenvalue weighted by molar-refractivity contribution is 9.10. The van der Waals surface area contributed by atoms with Crippen molar-refractivity contribution in [3.63, 3.8) is 0 Å². The van der Waals surface area contributed by atoms with Crippen molar-refractivity contribution in [2.75, 3.05) is 11.9 Å². The van der Waals surface area contributed by atoms with E-state index in [9.17, 15) is 4.39 Å². The Morgan fingerprint density at radius 1 is 1.21 bits per heavy atom. The average Bonchev–Trinajstić information content (AvgIpc) is 2.37. The number of rotatable bonds is 3. The van der Waals surface area contributed by atoms with Gasteiger partial charge in [0.2, 0.25) is 0 Å². The van der Waals surface area contributed by atoms with Gasteiger partial charge in [0, 0.05) is 23.2 Å². The maximum absolute atomic E-state index is 13.3. The summed E-state index contributed by atoms with van der Waals surface area (Å²) in [5, 5.41) is 0. The zero-order chi connectivity index (χ0) is 14.0. The molecule has 4 heteroatoms. The third-order valence-corrected chi connectivity index (χ3v) is 3.69. The highest BCUT2D eigenvalue weighted by Crippen LogP contribution is 2.32. The summed E-state index contributed by atoms with van der Waals surface area (Å²) in [6.07, 6.45) is 0. The van der Waals surface area contributed by atoms with Gasteiger partial charge >= 0.3 is 0 Å². The molecule has 0 fully saturated rings. The van der Waals surface area contributed by atoms with E-state index in [2.05, 4.69) is 15.9 Å². The molecule has 2 aromatic rings. The summed E-state index contributed by atoms with van der Waals surface area (Å²) >= 11 is 3.54. The van der Waals surface area contributed by atoms with E-state index in [1.54, 1.807) is 6.07 Å². The van der Waals surface area contributed by atoms with Gasteiger partial charge < -0.3 is 10.6 Å². The third kappa shape index (κ3) is 3.14. The smallest absolute Gasteiger partial charge is 0.125 e. The molecule has 19 heavy (non-hydrogen) atoms. The average molecular weight is 323 g/mol. The number of hydrogen-bond acceptors (Lipinski definition) is 2. The molecule has 0 aliphatic rings. The van der Waals surface area contributed by atoms with Crippen LogP contribution in [-0.4, -0.2) is 7.05 Å². The summed E-state index contributed by atoms with van der Waals surface area (Å²) < 4.78 is 14.2. The highest BCUT2D eigenvalue weighted by atomic mass is 79.9. The van der Waals surface area contributed by atoms with Gasteiger partial charge in [0.25, 0.3) is 0 Å². The summed E-state index contributed by atoms with van der Waals surface area (Å²) in [4.78, 5) is 1.93. The molecule has 0 saturated heterocycles. The lowest BCUT2D eigenvalue weighted by Crippen LogP contribution is -2.11. The first-order chi connectivity index (χ1) is 8.99. The lowest BCUT2D eigenvalue weighted by Gasteiger charge is -2.22. The molecule has 0 heterocycles. The Morgan fingerprint density at radius 2 is 1.95 bits per heavy atom. The van der Waals surface area contributed by atoms with E-state index in [1.165, 1.54) is 12.1 Å². The SMILES string of the molecule is C[C@H](N)c1ccc(N(C)c2cccc(F)c2)c(Br)c1. The number of nitrogens with two attached hydrogens (primary N) is 1. The van der Waals surface area contributed by atoms with E-state index in [0.717, 1.165) is 21.4 Å². The van der Waals surface area contributed by atoms with Gasteiger partial charge in [-0.25, -0.2) is 4.39 Å². The van der Waals surface area contributed by atoms with Crippen LogP contribution in [-0.2, 0) is 0 Å². The number of anilines is 2. The molecule has 2 nitrogen and oxygen atoms in total. The Labute approximate surface area is 121 Å². The molecule has 0 amide bonds. The number of hydrogen-bond donors (Lipinski definition) is 1. The standard InChI is InChI=1S/C15H16BrFN2/c1-10(18)11-6-7-15(14(16)8-11)19(2)13-5-3-4-12(17)9-13/h3-10H,18H2,1-2H3/t10-/m0/s1. The first-order valence-electron chi connectivity index (χ1n) is 6.03. The topological polar surface area (TPSA) is 29.3 Å². The van der Waals surface area contributed by atoms with Crippen LogP contribution in [0.2, 0.25) is 0 Å². The minimum Gasteiger partial charge on any atom is -0.344 e. The highest BCUT2D eigenvalue weighted by Gasteiger charge is 2.10. The van der Waals surface area contributed by atoms with Gasteiger partial charge in [0.15, 0.2) is 0 Å². The predicted molar refractivity (Wildman–Crippen MR) is 81.2 cm³/mol. The van der Waals surface area contributed by atoms with Crippen LogP contribution in [0.4, 0.5) is 15.8 Å². The maximum Gasteiger partial charge on any atom is 0.125 e. The second-order valence-corrected chi connectivity index (χ2v) is 5.39. The van der Waals surface area contributed by atoms with Gasteiger partial charge in [0.1, 0.15) is 5.82 Å². The Balaban J connectivity index is 2.36. The lowest BCUT2D eigenvalue weighted by molar-refractivity contribution is 0.628. The second kappa shape index (κ2) is 5.72. The van der Waals surface area contributed by atoms with E-state index in [-0.39, 0.29) is 11.9 Å². The van der Waals surface area contributed by atoms with Crippen LogP contribution in [0.25, 0.3) is 0 Å². The number of nitrogens with zero attached hydrogens (tertiary/aromatic N) is 1. The molecule has 0 radical (unpaired) electrons. The van der Waals surface area contributed by atoms with Gasteiger partial charge in [-0.05, 0) is 58.7 Å². The van der Waals surface area contributed by atoms with Crippen LogP contribution in [0.5, 0.6) is 0 Å². The van der Waals surface area contributed by atoms with Gasteiger partial charge in [0.05, 0.1) is 5.69 Å². The van der Waals surface area contributed by atoms with E-state index in [4.69, 9.17) is 5.73 Å². The van der Waals surface area contributed by atoms with Crippen LogP contribution in [0.15, 0.2) is 46.9 Å². The van der Waals surface area contributed by atoms with E-state index in [1.807, 2.05) is 43.1 Å². The molecule has 0 unspecified atom stereocenters. The summed E-state index contributed by atoms with van der Waals surface area (Å²) in [5.41, 5.74) is 8.68. The first-order valence-corrected chi connectivity index (χ1v) is 6.82. The largest absolute Gasteiger partial charge is 0.344 e. The Morgan fingerprint density at radius 3 is 2.53 bits per heavy atom. The van der Waals surface area contributed by atoms with Crippen LogP contribution >= 0.6 is 15.9 Å². The molecule has 100 valence electrons. The Kier molecular flexibility index (Phi) is 4.22. The van der Waals surface area contributed by atoms with Crippen LogP contribution in [0, 0.1) is 5.82 Å². The quantitative estimate of drug-likeness (QED) is 0.908. The monoisotopic (exact) mass is 322 g/mol. The van der Waals surface area contributed by atoms with Crippen molar-refractivity contribution in [3.8, 4) is 0 Å². The van der Waals surface area contributed by atoms with E-state index in [0.29, 0.717) is 0 Å². The molecule has 2 aromatic carbocycles. The molecule has 2 rings (SSSR count). The molecule has 2 N–H and O–H groups in total. The number of benzene rings is 2.